The number of tetrazole rings is 1. The Labute approximate surface area is 118 Å². The molecule has 0 fully saturated rings. The van der Waals surface area contributed by atoms with Crippen LogP contribution in [0.15, 0.2) is 42.5 Å². The van der Waals surface area contributed by atoms with Crippen LogP contribution in [0.2, 0.25) is 0 Å². The molecule has 0 unspecified atom stereocenters. The first-order chi connectivity index (χ1) is 9.68. The van der Waals surface area contributed by atoms with Crippen molar-refractivity contribution in [2.24, 2.45) is 0 Å². The van der Waals surface area contributed by atoms with Gasteiger partial charge >= 0.3 is 0 Å². The van der Waals surface area contributed by atoms with E-state index in [-0.39, 0.29) is 0 Å². The zero-order valence-corrected chi connectivity index (χ0v) is 11.8. The van der Waals surface area contributed by atoms with Crippen molar-refractivity contribution < 1.29 is 0 Å². The third-order valence-corrected chi connectivity index (χ3v) is 3.66. The van der Waals surface area contributed by atoms with Gasteiger partial charge in [0.15, 0.2) is 5.82 Å². The van der Waals surface area contributed by atoms with Gasteiger partial charge in [0.1, 0.15) is 0 Å². The molecule has 0 atom stereocenters. The molecule has 4 nitrogen and oxygen atoms in total. The van der Waals surface area contributed by atoms with Crippen LogP contribution >= 0.6 is 0 Å². The van der Waals surface area contributed by atoms with Gasteiger partial charge in [0, 0.05) is 5.56 Å². The van der Waals surface area contributed by atoms with E-state index in [4.69, 9.17) is 0 Å². The smallest absolute Gasteiger partial charge is 0.187 e. The minimum Gasteiger partial charge on any atom is -0.193 e. The highest BCUT2D eigenvalue weighted by atomic mass is 15.5. The lowest BCUT2D eigenvalue weighted by Gasteiger charge is -2.10. The van der Waals surface area contributed by atoms with Crippen molar-refractivity contribution in [1.82, 2.24) is 20.2 Å². The summed E-state index contributed by atoms with van der Waals surface area (Å²) in [7, 11) is 0. The maximum Gasteiger partial charge on any atom is 0.187 e. The summed E-state index contributed by atoms with van der Waals surface area (Å²) in [5.41, 5.74) is 5.66. The molecule has 0 amide bonds. The van der Waals surface area contributed by atoms with Crippen molar-refractivity contribution in [3.05, 3.63) is 59.2 Å². The summed E-state index contributed by atoms with van der Waals surface area (Å²) in [6, 6.07) is 14.3. The first-order valence-corrected chi connectivity index (χ1v) is 6.59. The summed E-state index contributed by atoms with van der Waals surface area (Å²) >= 11 is 0. The quantitative estimate of drug-likeness (QED) is 0.713. The molecule has 100 valence electrons. The zero-order valence-electron chi connectivity index (χ0n) is 11.8. The SMILES string of the molecule is Cc1ccccc1-n1nnnc1-c1cccc(C)c1C. The molecule has 0 spiro atoms. The fraction of sp³-hybridized carbons (Fsp3) is 0.188. The lowest BCUT2D eigenvalue weighted by molar-refractivity contribution is 0.787. The van der Waals surface area contributed by atoms with Crippen LogP contribution < -0.4 is 0 Å². The molecule has 20 heavy (non-hydrogen) atoms. The highest BCUT2D eigenvalue weighted by Gasteiger charge is 2.14. The first kappa shape index (κ1) is 12.5. The van der Waals surface area contributed by atoms with Crippen molar-refractivity contribution in [3.8, 4) is 17.1 Å². The van der Waals surface area contributed by atoms with Crippen LogP contribution in [0, 0.1) is 20.8 Å². The predicted molar refractivity (Wildman–Crippen MR) is 78.8 cm³/mol. The zero-order chi connectivity index (χ0) is 14.1. The van der Waals surface area contributed by atoms with E-state index in [1.54, 1.807) is 4.68 Å². The molecule has 3 rings (SSSR count). The highest BCUT2D eigenvalue weighted by molar-refractivity contribution is 5.63. The Bertz CT molecular complexity index is 759. The minimum atomic E-state index is 0.778. The van der Waals surface area contributed by atoms with Gasteiger partial charge in [-0.15, -0.1) is 5.10 Å². The molecule has 1 aromatic heterocycles. The van der Waals surface area contributed by atoms with Gasteiger partial charge in [-0.05, 0) is 54.0 Å². The average Bonchev–Trinajstić information content (AvgIpc) is 2.91. The van der Waals surface area contributed by atoms with E-state index < -0.39 is 0 Å². The van der Waals surface area contributed by atoms with E-state index in [0.29, 0.717) is 0 Å². The molecule has 0 saturated carbocycles. The standard InChI is InChI=1S/C16H16N4/c1-11-8-6-9-14(13(11)3)16-17-18-19-20(16)15-10-5-4-7-12(15)2/h4-10H,1-3H3. The van der Waals surface area contributed by atoms with Gasteiger partial charge in [0.25, 0.3) is 0 Å². The molecule has 0 N–H and O–H groups in total. The van der Waals surface area contributed by atoms with Crippen LogP contribution in [-0.4, -0.2) is 20.2 Å². The van der Waals surface area contributed by atoms with E-state index in [1.807, 2.05) is 24.3 Å². The molecular formula is C16H16N4. The number of rotatable bonds is 2. The number of hydrogen-bond donors (Lipinski definition) is 0. The fourth-order valence-corrected chi connectivity index (χ4v) is 2.31. The van der Waals surface area contributed by atoms with Crippen molar-refractivity contribution >= 4 is 0 Å². The Morgan fingerprint density at radius 2 is 1.60 bits per heavy atom. The summed E-state index contributed by atoms with van der Waals surface area (Å²) in [4.78, 5) is 0. The average molecular weight is 264 g/mol. The Hall–Kier alpha value is -2.49. The summed E-state index contributed by atoms with van der Waals surface area (Å²) in [6.07, 6.45) is 0. The highest BCUT2D eigenvalue weighted by Crippen LogP contribution is 2.25. The third-order valence-electron chi connectivity index (χ3n) is 3.66. The number of para-hydroxylation sites is 1. The Balaban J connectivity index is 2.21. The molecule has 0 bridgehead atoms. The van der Waals surface area contributed by atoms with Crippen LogP contribution in [0.5, 0.6) is 0 Å². The summed E-state index contributed by atoms with van der Waals surface area (Å²) in [5, 5.41) is 12.2. The van der Waals surface area contributed by atoms with Crippen LogP contribution in [0.3, 0.4) is 0 Å². The third kappa shape index (κ3) is 1.99. The van der Waals surface area contributed by atoms with E-state index in [2.05, 4.69) is 54.5 Å². The second-order valence-corrected chi connectivity index (χ2v) is 4.95. The van der Waals surface area contributed by atoms with Gasteiger partial charge in [-0.25, -0.2) is 0 Å². The number of aryl methyl sites for hydroxylation is 2. The molecule has 4 heteroatoms. The Morgan fingerprint density at radius 3 is 2.40 bits per heavy atom. The molecule has 0 aliphatic heterocycles. The Kier molecular flexibility index (Phi) is 3.06. The monoisotopic (exact) mass is 264 g/mol. The second-order valence-electron chi connectivity index (χ2n) is 4.95. The van der Waals surface area contributed by atoms with Gasteiger partial charge in [0.05, 0.1) is 5.69 Å². The summed E-state index contributed by atoms with van der Waals surface area (Å²) in [6.45, 7) is 6.26. The number of benzene rings is 2. The van der Waals surface area contributed by atoms with Gasteiger partial charge in [-0.2, -0.15) is 4.68 Å². The Morgan fingerprint density at radius 1 is 0.850 bits per heavy atom. The molecular weight excluding hydrogens is 248 g/mol. The maximum absolute atomic E-state index is 4.21. The van der Waals surface area contributed by atoms with Gasteiger partial charge in [-0.3, -0.25) is 0 Å². The van der Waals surface area contributed by atoms with Crippen molar-refractivity contribution in [2.45, 2.75) is 20.8 Å². The van der Waals surface area contributed by atoms with E-state index in [0.717, 1.165) is 22.6 Å². The van der Waals surface area contributed by atoms with E-state index in [9.17, 15) is 0 Å². The van der Waals surface area contributed by atoms with Gasteiger partial charge in [0.2, 0.25) is 0 Å². The molecule has 0 saturated heterocycles. The molecule has 3 aromatic rings. The lowest BCUT2D eigenvalue weighted by Crippen LogP contribution is -2.03. The lowest BCUT2D eigenvalue weighted by atomic mass is 10.0. The maximum atomic E-state index is 4.21. The van der Waals surface area contributed by atoms with Crippen molar-refractivity contribution in [2.75, 3.05) is 0 Å². The topological polar surface area (TPSA) is 43.6 Å². The predicted octanol–water partition coefficient (Wildman–Crippen LogP) is 3.25. The largest absolute Gasteiger partial charge is 0.193 e. The fourth-order valence-electron chi connectivity index (χ4n) is 2.31. The van der Waals surface area contributed by atoms with E-state index >= 15 is 0 Å². The van der Waals surface area contributed by atoms with Crippen LogP contribution in [-0.2, 0) is 0 Å². The summed E-state index contributed by atoms with van der Waals surface area (Å²) in [5.74, 6) is 0.778. The van der Waals surface area contributed by atoms with Crippen molar-refractivity contribution in [1.29, 1.82) is 0 Å². The second kappa shape index (κ2) is 4.89. The number of nitrogens with zero attached hydrogens (tertiary/aromatic N) is 4. The van der Waals surface area contributed by atoms with E-state index in [1.165, 1.54) is 11.1 Å². The number of hydrogen-bond acceptors (Lipinski definition) is 3. The minimum absolute atomic E-state index is 0.778. The summed E-state index contributed by atoms with van der Waals surface area (Å²) < 4.78 is 1.80. The normalized spacial score (nSPS) is 10.8. The van der Waals surface area contributed by atoms with Crippen LogP contribution in [0.25, 0.3) is 17.1 Å². The van der Waals surface area contributed by atoms with Crippen LogP contribution in [0.4, 0.5) is 0 Å². The molecule has 0 radical (unpaired) electrons. The van der Waals surface area contributed by atoms with Gasteiger partial charge < -0.3 is 0 Å². The molecule has 0 aliphatic rings. The molecule has 1 heterocycles. The van der Waals surface area contributed by atoms with Crippen LogP contribution in [0.1, 0.15) is 16.7 Å². The molecule has 2 aromatic carbocycles. The molecule has 0 aliphatic carbocycles. The van der Waals surface area contributed by atoms with Gasteiger partial charge in [-0.1, -0.05) is 36.4 Å². The first-order valence-electron chi connectivity index (χ1n) is 6.59. The number of aromatic nitrogens is 4. The van der Waals surface area contributed by atoms with Crippen molar-refractivity contribution in [3.63, 3.8) is 0 Å².